The lowest BCUT2D eigenvalue weighted by molar-refractivity contribution is -0.137. The number of hydrogen-bond donors (Lipinski definition) is 3. The summed E-state index contributed by atoms with van der Waals surface area (Å²) in [6.45, 7) is 0.00130. The van der Waals surface area contributed by atoms with E-state index in [1.165, 1.54) is 12.1 Å². The summed E-state index contributed by atoms with van der Waals surface area (Å²) < 4.78 is 36.9. The summed E-state index contributed by atoms with van der Waals surface area (Å²) in [6.07, 6.45) is -5.44. The van der Waals surface area contributed by atoms with Crippen LogP contribution in [0, 0.1) is 0 Å². The van der Waals surface area contributed by atoms with Crippen LogP contribution in [0.25, 0.3) is 0 Å². The van der Waals surface area contributed by atoms with Crippen molar-refractivity contribution in [2.24, 2.45) is 5.84 Å². The van der Waals surface area contributed by atoms with Gasteiger partial charge in [0.05, 0.1) is 11.7 Å². The first-order valence-electron chi connectivity index (χ1n) is 4.24. The molecular formula is C9H11F3N2O. The van der Waals surface area contributed by atoms with Gasteiger partial charge in [0.1, 0.15) is 0 Å². The molecule has 0 saturated carbocycles. The molecule has 0 aliphatic rings. The van der Waals surface area contributed by atoms with E-state index in [0.29, 0.717) is 0 Å². The lowest BCUT2D eigenvalue weighted by atomic mass is 10.1. The Labute approximate surface area is 84.7 Å². The summed E-state index contributed by atoms with van der Waals surface area (Å²) in [5.41, 5.74) is 1.59. The highest BCUT2D eigenvalue weighted by Crippen LogP contribution is 2.30. The van der Waals surface area contributed by atoms with Crippen molar-refractivity contribution in [2.45, 2.75) is 12.3 Å². The van der Waals surface area contributed by atoms with Crippen LogP contribution in [0.2, 0.25) is 0 Å². The van der Waals surface area contributed by atoms with Crippen LogP contribution in [0.5, 0.6) is 0 Å². The first-order chi connectivity index (χ1) is 6.95. The molecule has 1 rings (SSSR count). The molecule has 0 amide bonds. The van der Waals surface area contributed by atoms with E-state index < -0.39 is 17.8 Å². The lowest BCUT2D eigenvalue weighted by Gasteiger charge is -2.12. The topological polar surface area (TPSA) is 58.3 Å². The van der Waals surface area contributed by atoms with Gasteiger partial charge in [-0.1, -0.05) is 12.1 Å². The Kier molecular flexibility index (Phi) is 3.67. The molecule has 0 aromatic heterocycles. The third-order valence-corrected chi connectivity index (χ3v) is 1.91. The van der Waals surface area contributed by atoms with Gasteiger partial charge in [0, 0.05) is 6.54 Å². The lowest BCUT2D eigenvalue weighted by Crippen LogP contribution is -2.27. The number of benzene rings is 1. The second-order valence-corrected chi connectivity index (χ2v) is 3.05. The number of hydrazine groups is 1. The molecule has 0 radical (unpaired) electrons. The molecule has 0 saturated heterocycles. The zero-order valence-corrected chi connectivity index (χ0v) is 7.75. The average molecular weight is 220 g/mol. The minimum atomic E-state index is -4.40. The Morgan fingerprint density at radius 2 is 2.07 bits per heavy atom. The highest BCUT2D eigenvalue weighted by molar-refractivity contribution is 5.27. The fourth-order valence-corrected chi connectivity index (χ4v) is 1.15. The molecule has 15 heavy (non-hydrogen) atoms. The number of hydrogen-bond acceptors (Lipinski definition) is 3. The van der Waals surface area contributed by atoms with Crippen LogP contribution >= 0.6 is 0 Å². The third-order valence-electron chi connectivity index (χ3n) is 1.91. The minimum Gasteiger partial charge on any atom is -0.387 e. The van der Waals surface area contributed by atoms with Crippen LogP contribution in [-0.4, -0.2) is 11.7 Å². The minimum absolute atomic E-state index is 0.00130. The van der Waals surface area contributed by atoms with E-state index in [0.717, 1.165) is 12.1 Å². The molecule has 0 fully saturated rings. The normalized spacial score (nSPS) is 13.9. The molecule has 4 N–H and O–H groups in total. The predicted octanol–water partition coefficient (Wildman–Crippen LogP) is 1.20. The van der Waals surface area contributed by atoms with E-state index in [1.54, 1.807) is 0 Å². The van der Waals surface area contributed by atoms with Gasteiger partial charge in [0.2, 0.25) is 0 Å². The van der Waals surface area contributed by atoms with Gasteiger partial charge in [-0.2, -0.15) is 13.2 Å². The van der Waals surface area contributed by atoms with Crippen molar-refractivity contribution in [1.29, 1.82) is 0 Å². The highest BCUT2D eigenvalue weighted by Gasteiger charge is 2.30. The molecular weight excluding hydrogens is 209 g/mol. The third kappa shape index (κ3) is 3.19. The van der Waals surface area contributed by atoms with Gasteiger partial charge in [0.25, 0.3) is 0 Å². The van der Waals surface area contributed by atoms with Gasteiger partial charge < -0.3 is 5.11 Å². The molecule has 0 aliphatic heterocycles. The van der Waals surface area contributed by atoms with E-state index in [4.69, 9.17) is 5.84 Å². The average Bonchev–Trinajstić information content (AvgIpc) is 2.17. The summed E-state index contributed by atoms with van der Waals surface area (Å²) in [7, 11) is 0. The predicted molar refractivity (Wildman–Crippen MR) is 48.6 cm³/mol. The number of aliphatic hydroxyl groups excluding tert-OH is 1. The summed E-state index contributed by atoms with van der Waals surface area (Å²) in [4.78, 5) is 0. The Hall–Kier alpha value is -1.11. The SMILES string of the molecule is NNCC(O)c1cccc(C(F)(F)F)c1. The Bertz CT molecular complexity index is 327. The molecule has 0 bridgehead atoms. The molecule has 6 heteroatoms. The molecule has 0 heterocycles. The van der Waals surface area contributed by atoms with Crippen LogP contribution < -0.4 is 11.3 Å². The molecule has 1 aromatic carbocycles. The molecule has 1 unspecified atom stereocenters. The number of halogens is 3. The summed E-state index contributed by atoms with van der Waals surface area (Å²) in [6, 6.07) is 4.52. The number of alkyl halides is 3. The van der Waals surface area contributed by atoms with Crippen LogP contribution in [0.15, 0.2) is 24.3 Å². The van der Waals surface area contributed by atoms with Gasteiger partial charge in [-0.3, -0.25) is 11.3 Å². The number of rotatable bonds is 3. The van der Waals surface area contributed by atoms with Gasteiger partial charge in [-0.15, -0.1) is 0 Å². The second-order valence-electron chi connectivity index (χ2n) is 3.05. The Balaban J connectivity index is 2.92. The maximum Gasteiger partial charge on any atom is 0.416 e. The zero-order chi connectivity index (χ0) is 11.5. The molecule has 3 nitrogen and oxygen atoms in total. The standard InChI is InChI=1S/C9H11F3N2O/c10-9(11,12)7-3-1-2-6(4-7)8(15)5-14-13/h1-4,8,14-15H,5,13H2. The molecule has 1 aromatic rings. The van der Waals surface area contributed by atoms with Gasteiger partial charge >= 0.3 is 6.18 Å². The van der Waals surface area contributed by atoms with Crippen LogP contribution in [0.4, 0.5) is 13.2 Å². The Morgan fingerprint density at radius 1 is 1.40 bits per heavy atom. The van der Waals surface area contributed by atoms with Gasteiger partial charge in [-0.05, 0) is 17.7 Å². The molecule has 0 spiro atoms. The van der Waals surface area contributed by atoms with Crippen molar-refractivity contribution in [3.63, 3.8) is 0 Å². The first kappa shape index (κ1) is 12.0. The van der Waals surface area contributed by atoms with Crippen LogP contribution in [-0.2, 0) is 6.18 Å². The van der Waals surface area contributed by atoms with E-state index in [2.05, 4.69) is 5.43 Å². The van der Waals surface area contributed by atoms with E-state index >= 15 is 0 Å². The van der Waals surface area contributed by atoms with Crippen LogP contribution in [0.3, 0.4) is 0 Å². The van der Waals surface area contributed by atoms with E-state index in [9.17, 15) is 18.3 Å². The second kappa shape index (κ2) is 4.61. The van der Waals surface area contributed by atoms with E-state index in [-0.39, 0.29) is 12.1 Å². The zero-order valence-electron chi connectivity index (χ0n) is 7.75. The van der Waals surface area contributed by atoms with Gasteiger partial charge in [0.15, 0.2) is 0 Å². The quantitative estimate of drug-likeness (QED) is 0.530. The van der Waals surface area contributed by atoms with Crippen molar-refractivity contribution in [1.82, 2.24) is 5.43 Å². The molecule has 1 atom stereocenters. The summed E-state index contributed by atoms with van der Waals surface area (Å²) in [5, 5.41) is 9.40. The van der Waals surface area contributed by atoms with Gasteiger partial charge in [-0.25, -0.2) is 0 Å². The number of aliphatic hydroxyl groups is 1. The van der Waals surface area contributed by atoms with E-state index in [1.807, 2.05) is 0 Å². The van der Waals surface area contributed by atoms with Crippen molar-refractivity contribution >= 4 is 0 Å². The largest absolute Gasteiger partial charge is 0.416 e. The number of nitrogens with two attached hydrogens (primary N) is 1. The fourth-order valence-electron chi connectivity index (χ4n) is 1.15. The Morgan fingerprint density at radius 3 is 2.60 bits per heavy atom. The monoisotopic (exact) mass is 220 g/mol. The molecule has 0 aliphatic carbocycles. The van der Waals surface area contributed by atoms with Crippen molar-refractivity contribution in [2.75, 3.05) is 6.54 Å². The summed E-state index contributed by atoms with van der Waals surface area (Å²) in [5.74, 6) is 4.96. The molecule has 84 valence electrons. The summed E-state index contributed by atoms with van der Waals surface area (Å²) >= 11 is 0. The number of nitrogens with one attached hydrogen (secondary N) is 1. The smallest absolute Gasteiger partial charge is 0.387 e. The van der Waals surface area contributed by atoms with Crippen molar-refractivity contribution < 1.29 is 18.3 Å². The maximum absolute atomic E-state index is 12.3. The first-order valence-corrected chi connectivity index (χ1v) is 4.24. The fraction of sp³-hybridized carbons (Fsp3) is 0.333. The highest BCUT2D eigenvalue weighted by atomic mass is 19.4. The van der Waals surface area contributed by atoms with Crippen LogP contribution in [0.1, 0.15) is 17.2 Å². The maximum atomic E-state index is 12.3. The van der Waals surface area contributed by atoms with Crippen molar-refractivity contribution in [3.8, 4) is 0 Å². The van der Waals surface area contributed by atoms with Crippen molar-refractivity contribution in [3.05, 3.63) is 35.4 Å².